The zero-order chi connectivity index (χ0) is 17.6. The van der Waals surface area contributed by atoms with Crippen molar-refractivity contribution in [2.75, 3.05) is 0 Å². The van der Waals surface area contributed by atoms with Gasteiger partial charge in [-0.15, -0.1) is 0 Å². The molecule has 0 radical (unpaired) electrons. The smallest absolute Gasteiger partial charge is 0.189 e. The maximum absolute atomic E-state index is 13.8. The first-order chi connectivity index (χ1) is 12.0. The molecule has 126 valence electrons. The van der Waals surface area contributed by atoms with Crippen molar-refractivity contribution in [2.24, 2.45) is 0 Å². The van der Waals surface area contributed by atoms with E-state index in [-0.39, 0.29) is 4.90 Å². The number of benzene rings is 3. The minimum absolute atomic E-state index is 0.204. The maximum Gasteiger partial charge on any atom is 0.189 e. The first kappa shape index (κ1) is 15.8. The van der Waals surface area contributed by atoms with Crippen molar-refractivity contribution in [3.8, 4) is 11.5 Å². The summed E-state index contributed by atoms with van der Waals surface area (Å²) in [6.45, 7) is 1.89. The van der Waals surface area contributed by atoms with Gasteiger partial charge in [-0.05, 0) is 43.3 Å². The van der Waals surface area contributed by atoms with Crippen molar-refractivity contribution in [3.63, 3.8) is 0 Å². The lowest BCUT2D eigenvalue weighted by molar-refractivity contribution is 0.452. The minimum Gasteiger partial charge on any atom is -0.457 e. The van der Waals surface area contributed by atoms with Crippen LogP contribution in [0.5, 0.6) is 11.5 Å². The van der Waals surface area contributed by atoms with Gasteiger partial charge in [0.05, 0.1) is 4.90 Å². The number of fused-ring (bicyclic) bond motifs is 2. The van der Waals surface area contributed by atoms with Gasteiger partial charge in [0.2, 0.25) is 0 Å². The monoisotopic (exact) mass is 354 g/mol. The van der Waals surface area contributed by atoms with E-state index in [0.29, 0.717) is 22.6 Å². The highest BCUT2D eigenvalue weighted by molar-refractivity contribution is 7.92. The van der Waals surface area contributed by atoms with E-state index in [4.69, 9.17) is 4.74 Å². The maximum atomic E-state index is 13.8. The molecule has 0 saturated heterocycles. The van der Waals surface area contributed by atoms with Crippen LogP contribution in [0.2, 0.25) is 0 Å². The Kier molecular flexibility index (Phi) is 3.62. The van der Waals surface area contributed by atoms with Gasteiger partial charge >= 0.3 is 0 Å². The molecular weight excluding hydrogens is 339 g/mol. The Labute approximate surface area is 145 Å². The second-order valence-electron chi connectivity index (χ2n) is 6.06. The third kappa shape index (κ3) is 2.61. The predicted octanol–water partition coefficient (Wildman–Crippen LogP) is 4.80. The molecule has 0 spiro atoms. The van der Waals surface area contributed by atoms with E-state index in [1.165, 1.54) is 18.2 Å². The van der Waals surface area contributed by atoms with E-state index in [1.807, 2.05) is 6.92 Å². The van der Waals surface area contributed by atoms with Gasteiger partial charge in [-0.25, -0.2) is 12.8 Å². The zero-order valence-electron chi connectivity index (χ0n) is 13.4. The largest absolute Gasteiger partial charge is 0.457 e. The Bertz CT molecular complexity index is 1060. The molecule has 0 N–H and O–H groups in total. The van der Waals surface area contributed by atoms with Crippen molar-refractivity contribution in [1.82, 2.24) is 0 Å². The van der Waals surface area contributed by atoms with Gasteiger partial charge in [0.1, 0.15) is 22.6 Å². The van der Waals surface area contributed by atoms with Gasteiger partial charge in [-0.2, -0.15) is 0 Å². The van der Waals surface area contributed by atoms with E-state index < -0.39 is 20.9 Å². The van der Waals surface area contributed by atoms with Gasteiger partial charge in [-0.1, -0.05) is 35.9 Å². The molecule has 1 atom stereocenters. The molecule has 3 aromatic rings. The number of rotatable bonds is 2. The number of ether oxygens (including phenoxy) is 1. The molecule has 3 nitrogen and oxygen atoms in total. The summed E-state index contributed by atoms with van der Waals surface area (Å²) in [5.74, 6) is 0.342. The molecule has 3 aromatic carbocycles. The summed E-state index contributed by atoms with van der Waals surface area (Å²) in [6.07, 6.45) is 0. The highest BCUT2D eigenvalue weighted by Gasteiger charge is 2.38. The summed E-state index contributed by atoms with van der Waals surface area (Å²) in [5.41, 5.74) is 1.80. The van der Waals surface area contributed by atoms with Crippen LogP contribution in [0.1, 0.15) is 21.9 Å². The van der Waals surface area contributed by atoms with Crippen molar-refractivity contribution in [3.05, 3.63) is 89.2 Å². The quantitative estimate of drug-likeness (QED) is 0.664. The average Bonchev–Trinajstić information content (AvgIpc) is 2.60. The van der Waals surface area contributed by atoms with Crippen LogP contribution in [0.4, 0.5) is 4.39 Å². The fourth-order valence-electron chi connectivity index (χ4n) is 3.09. The van der Waals surface area contributed by atoms with E-state index >= 15 is 0 Å². The Morgan fingerprint density at radius 3 is 2.32 bits per heavy atom. The van der Waals surface area contributed by atoms with Crippen LogP contribution in [0, 0.1) is 12.7 Å². The molecule has 0 amide bonds. The van der Waals surface area contributed by atoms with E-state index in [2.05, 4.69) is 0 Å². The number of aryl methyl sites for hydroxylation is 1. The van der Waals surface area contributed by atoms with Gasteiger partial charge in [-0.3, -0.25) is 0 Å². The lowest BCUT2D eigenvalue weighted by Gasteiger charge is -2.28. The fraction of sp³-hybridized carbons (Fsp3) is 0.100. The van der Waals surface area contributed by atoms with Crippen LogP contribution in [0.3, 0.4) is 0 Å². The van der Waals surface area contributed by atoms with Crippen molar-refractivity contribution in [1.29, 1.82) is 0 Å². The van der Waals surface area contributed by atoms with E-state index in [1.54, 1.807) is 48.5 Å². The molecule has 1 aliphatic heterocycles. The lowest BCUT2D eigenvalue weighted by atomic mass is 10.00. The minimum atomic E-state index is -3.77. The Morgan fingerprint density at radius 2 is 1.56 bits per heavy atom. The molecule has 0 fully saturated rings. The molecule has 0 aromatic heterocycles. The Morgan fingerprint density at radius 1 is 0.880 bits per heavy atom. The van der Waals surface area contributed by atoms with E-state index in [9.17, 15) is 12.8 Å². The molecule has 0 unspecified atom stereocenters. The topological polar surface area (TPSA) is 43.4 Å². The third-order valence-corrected chi connectivity index (χ3v) is 6.39. The molecule has 1 heterocycles. The van der Waals surface area contributed by atoms with Crippen LogP contribution in [-0.2, 0) is 9.84 Å². The number of sulfone groups is 1. The highest BCUT2D eigenvalue weighted by Crippen LogP contribution is 2.48. The summed E-state index contributed by atoms with van der Waals surface area (Å²) in [6, 6.07) is 17.6. The average molecular weight is 354 g/mol. The normalized spacial score (nSPS) is 15.8. The van der Waals surface area contributed by atoms with Crippen molar-refractivity contribution >= 4 is 9.84 Å². The zero-order valence-corrected chi connectivity index (χ0v) is 14.3. The van der Waals surface area contributed by atoms with Gasteiger partial charge in [0.15, 0.2) is 9.84 Å². The summed E-state index contributed by atoms with van der Waals surface area (Å²) in [4.78, 5) is 0.204. The van der Waals surface area contributed by atoms with Crippen LogP contribution in [0.25, 0.3) is 0 Å². The predicted molar refractivity (Wildman–Crippen MR) is 93.1 cm³/mol. The Hall–Kier alpha value is -2.66. The number of para-hydroxylation sites is 1. The SMILES string of the molecule is Cc1ccc(S(=O)(=O)[C@H]2c3ccccc3Oc3ccc(F)cc32)cc1. The van der Waals surface area contributed by atoms with Crippen LogP contribution in [0.15, 0.2) is 71.6 Å². The fourth-order valence-corrected chi connectivity index (χ4v) is 4.93. The second-order valence-corrected chi connectivity index (χ2v) is 8.09. The van der Waals surface area contributed by atoms with Crippen LogP contribution < -0.4 is 4.74 Å². The first-order valence-electron chi connectivity index (χ1n) is 7.83. The first-order valence-corrected chi connectivity index (χ1v) is 9.38. The second kappa shape index (κ2) is 5.70. The molecule has 0 saturated carbocycles. The number of halogens is 1. The third-order valence-electron chi connectivity index (χ3n) is 4.34. The molecule has 1 aliphatic rings. The highest BCUT2D eigenvalue weighted by atomic mass is 32.2. The molecule has 0 aliphatic carbocycles. The molecular formula is C20H15FO3S. The summed E-state index contributed by atoms with van der Waals surface area (Å²) in [5, 5.41) is -1.01. The molecule has 0 bridgehead atoms. The standard InChI is InChI=1S/C20H15FO3S/c1-13-6-9-15(10-7-13)25(22,23)20-16-4-2-3-5-18(16)24-19-11-8-14(21)12-17(19)20/h2-12,20H,1H3/t20-/m0/s1. The molecule has 4 rings (SSSR count). The summed E-state index contributed by atoms with van der Waals surface area (Å²) < 4.78 is 46.3. The van der Waals surface area contributed by atoms with Crippen molar-refractivity contribution < 1.29 is 17.5 Å². The Balaban J connectivity index is 1.97. The number of hydrogen-bond acceptors (Lipinski definition) is 3. The molecule has 25 heavy (non-hydrogen) atoms. The molecule has 5 heteroatoms. The van der Waals surface area contributed by atoms with Crippen LogP contribution >= 0.6 is 0 Å². The summed E-state index contributed by atoms with van der Waals surface area (Å²) >= 11 is 0. The summed E-state index contributed by atoms with van der Waals surface area (Å²) in [7, 11) is -3.77. The number of hydrogen-bond donors (Lipinski definition) is 0. The van der Waals surface area contributed by atoms with Crippen LogP contribution in [-0.4, -0.2) is 8.42 Å². The lowest BCUT2D eigenvalue weighted by Crippen LogP contribution is -2.20. The van der Waals surface area contributed by atoms with Gasteiger partial charge < -0.3 is 4.74 Å². The van der Waals surface area contributed by atoms with Gasteiger partial charge in [0.25, 0.3) is 0 Å². The van der Waals surface area contributed by atoms with Crippen molar-refractivity contribution in [2.45, 2.75) is 17.1 Å². The van der Waals surface area contributed by atoms with Gasteiger partial charge in [0, 0.05) is 11.1 Å². The van der Waals surface area contributed by atoms with E-state index in [0.717, 1.165) is 5.56 Å².